The van der Waals surface area contributed by atoms with E-state index >= 15 is 0 Å². The van der Waals surface area contributed by atoms with Crippen molar-refractivity contribution in [1.82, 2.24) is 10.3 Å². The second-order valence-corrected chi connectivity index (χ2v) is 4.22. The summed E-state index contributed by atoms with van der Waals surface area (Å²) in [5, 5.41) is 8.53. The van der Waals surface area contributed by atoms with Crippen molar-refractivity contribution in [1.29, 1.82) is 0 Å². The topological polar surface area (TPSA) is 54.0 Å². The Kier molecular flexibility index (Phi) is 3.10. The molecule has 0 bridgehead atoms. The highest BCUT2D eigenvalue weighted by Gasteiger charge is 2.20. The fourth-order valence-corrected chi connectivity index (χ4v) is 2.09. The summed E-state index contributed by atoms with van der Waals surface area (Å²) in [5.74, 6) is 0.0413. The SMILES string of the molecule is O=C(Nc1nccs1)[C@H]1CCCCN1. The van der Waals surface area contributed by atoms with Gasteiger partial charge in [-0.3, -0.25) is 4.79 Å². The summed E-state index contributed by atoms with van der Waals surface area (Å²) < 4.78 is 0. The minimum atomic E-state index is -0.0346. The molecule has 0 saturated carbocycles. The van der Waals surface area contributed by atoms with Crippen LogP contribution in [-0.2, 0) is 4.79 Å². The molecule has 1 aliphatic rings. The number of carbonyl (C=O) groups excluding carboxylic acids is 1. The molecular weight excluding hydrogens is 198 g/mol. The van der Waals surface area contributed by atoms with Crippen LogP contribution in [0.25, 0.3) is 0 Å². The zero-order valence-corrected chi connectivity index (χ0v) is 8.64. The van der Waals surface area contributed by atoms with Gasteiger partial charge in [-0.05, 0) is 19.4 Å². The first kappa shape index (κ1) is 9.61. The van der Waals surface area contributed by atoms with E-state index in [0.717, 1.165) is 19.4 Å². The summed E-state index contributed by atoms with van der Waals surface area (Å²) in [5.41, 5.74) is 0. The van der Waals surface area contributed by atoms with Crippen molar-refractivity contribution in [3.8, 4) is 0 Å². The van der Waals surface area contributed by atoms with Gasteiger partial charge in [0, 0.05) is 11.6 Å². The van der Waals surface area contributed by atoms with E-state index < -0.39 is 0 Å². The molecule has 2 rings (SSSR count). The van der Waals surface area contributed by atoms with Crippen LogP contribution in [0.1, 0.15) is 19.3 Å². The standard InChI is InChI=1S/C9H13N3OS/c13-8(7-3-1-2-4-10-7)12-9-11-5-6-14-9/h5-7,10H,1-4H2,(H,11,12,13)/t7-/m1/s1. The average Bonchev–Trinajstić information content (AvgIpc) is 2.72. The third kappa shape index (κ3) is 2.30. The normalized spacial score (nSPS) is 21.9. The van der Waals surface area contributed by atoms with Crippen molar-refractivity contribution in [2.75, 3.05) is 11.9 Å². The Labute approximate surface area is 86.7 Å². The Morgan fingerprint density at radius 3 is 3.21 bits per heavy atom. The third-order valence-electron chi connectivity index (χ3n) is 2.29. The number of anilines is 1. The number of carbonyl (C=O) groups is 1. The molecule has 0 aliphatic carbocycles. The van der Waals surface area contributed by atoms with E-state index in [1.165, 1.54) is 17.8 Å². The lowest BCUT2D eigenvalue weighted by Crippen LogP contribution is -2.43. The Morgan fingerprint density at radius 1 is 1.64 bits per heavy atom. The van der Waals surface area contributed by atoms with Gasteiger partial charge in [-0.15, -0.1) is 11.3 Å². The quantitative estimate of drug-likeness (QED) is 0.773. The van der Waals surface area contributed by atoms with Crippen LogP contribution in [0.5, 0.6) is 0 Å². The lowest BCUT2D eigenvalue weighted by Gasteiger charge is -2.21. The zero-order valence-electron chi connectivity index (χ0n) is 7.82. The summed E-state index contributed by atoms with van der Waals surface area (Å²) in [4.78, 5) is 15.7. The second kappa shape index (κ2) is 4.52. The first-order valence-electron chi connectivity index (χ1n) is 4.80. The molecule has 1 aromatic heterocycles. The summed E-state index contributed by atoms with van der Waals surface area (Å²) in [7, 11) is 0. The van der Waals surface area contributed by atoms with Crippen LogP contribution in [0.2, 0.25) is 0 Å². The highest BCUT2D eigenvalue weighted by molar-refractivity contribution is 7.13. The van der Waals surface area contributed by atoms with Gasteiger partial charge in [0.1, 0.15) is 0 Å². The Bertz CT molecular complexity index is 293. The first-order chi connectivity index (χ1) is 6.86. The van der Waals surface area contributed by atoms with Crippen LogP contribution >= 0.6 is 11.3 Å². The molecule has 0 aromatic carbocycles. The van der Waals surface area contributed by atoms with Gasteiger partial charge in [0.25, 0.3) is 0 Å². The predicted molar refractivity (Wildman–Crippen MR) is 56.4 cm³/mol. The van der Waals surface area contributed by atoms with Crippen LogP contribution < -0.4 is 10.6 Å². The molecule has 4 nitrogen and oxygen atoms in total. The van der Waals surface area contributed by atoms with E-state index in [9.17, 15) is 4.79 Å². The molecule has 0 spiro atoms. The molecule has 1 saturated heterocycles. The fraction of sp³-hybridized carbons (Fsp3) is 0.556. The Balaban J connectivity index is 1.88. The van der Waals surface area contributed by atoms with Gasteiger partial charge in [0.15, 0.2) is 5.13 Å². The number of aromatic nitrogens is 1. The first-order valence-corrected chi connectivity index (χ1v) is 5.68. The number of nitrogens with zero attached hydrogens (tertiary/aromatic N) is 1. The van der Waals surface area contributed by atoms with Crippen LogP contribution in [0, 0.1) is 0 Å². The minimum Gasteiger partial charge on any atom is -0.306 e. The Hall–Kier alpha value is -0.940. The minimum absolute atomic E-state index is 0.0346. The highest BCUT2D eigenvalue weighted by atomic mass is 32.1. The fourth-order valence-electron chi connectivity index (χ4n) is 1.55. The van der Waals surface area contributed by atoms with Crippen molar-refractivity contribution in [2.45, 2.75) is 25.3 Å². The molecule has 2 N–H and O–H groups in total. The summed E-state index contributed by atoms with van der Waals surface area (Å²) in [6.07, 6.45) is 4.91. The van der Waals surface area contributed by atoms with Gasteiger partial charge in [-0.2, -0.15) is 0 Å². The van der Waals surface area contributed by atoms with Gasteiger partial charge in [0.2, 0.25) is 5.91 Å². The number of rotatable bonds is 2. The maximum Gasteiger partial charge on any atom is 0.243 e. The molecule has 0 radical (unpaired) electrons. The smallest absolute Gasteiger partial charge is 0.243 e. The molecular formula is C9H13N3OS. The van der Waals surface area contributed by atoms with Crippen molar-refractivity contribution < 1.29 is 4.79 Å². The van der Waals surface area contributed by atoms with Gasteiger partial charge in [-0.1, -0.05) is 6.42 Å². The molecule has 0 unspecified atom stereocenters. The molecule has 5 heteroatoms. The van der Waals surface area contributed by atoms with Gasteiger partial charge >= 0.3 is 0 Å². The Morgan fingerprint density at radius 2 is 2.57 bits per heavy atom. The van der Waals surface area contributed by atoms with Crippen LogP contribution in [0.3, 0.4) is 0 Å². The van der Waals surface area contributed by atoms with Gasteiger partial charge in [0.05, 0.1) is 6.04 Å². The van der Waals surface area contributed by atoms with E-state index in [4.69, 9.17) is 0 Å². The number of nitrogens with one attached hydrogen (secondary N) is 2. The van der Waals surface area contributed by atoms with E-state index in [1.54, 1.807) is 6.20 Å². The summed E-state index contributed by atoms with van der Waals surface area (Å²) in [6.45, 7) is 0.940. The van der Waals surface area contributed by atoms with E-state index in [1.807, 2.05) is 5.38 Å². The number of hydrogen-bond donors (Lipinski definition) is 2. The van der Waals surface area contributed by atoms with Crippen LogP contribution in [0.4, 0.5) is 5.13 Å². The lowest BCUT2D eigenvalue weighted by atomic mass is 10.0. The van der Waals surface area contributed by atoms with Crippen molar-refractivity contribution in [2.24, 2.45) is 0 Å². The average molecular weight is 211 g/mol. The highest BCUT2D eigenvalue weighted by Crippen LogP contribution is 2.13. The molecule has 76 valence electrons. The van der Waals surface area contributed by atoms with Gasteiger partial charge < -0.3 is 10.6 Å². The molecule has 2 heterocycles. The largest absolute Gasteiger partial charge is 0.306 e. The summed E-state index contributed by atoms with van der Waals surface area (Å²) in [6, 6.07) is -0.0346. The number of piperidine rings is 1. The monoisotopic (exact) mass is 211 g/mol. The third-order valence-corrected chi connectivity index (χ3v) is 2.98. The van der Waals surface area contributed by atoms with E-state index in [2.05, 4.69) is 15.6 Å². The maximum atomic E-state index is 11.7. The number of hydrogen-bond acceptors (Lipinski definition) is 4. The molecule has 14 heavy (non-hydrogen) atoms. The summed E-state index contributed by atoms with van der Waals surface area (Å²) >= 11 is 1.44. The van der Waals surface area contributed by atoms with Crippen molar-refractivity contribution in [3.63, 3.8) is 0 Å². The van der Waals surface area contributed by atoms with Crippen LogP contribution in [0.15, 0.2) is 11.6 Å². The molecule has 1 atom stereocenters. The zero-order chi connectivity index (χ0) is 9.80. The van der Waals surface area contributed by atoms with E-state index in [-0.39, 0.29) is 11.9 Å². The van der Waals surface area contributed by atoms with Crippen molar-refractivity contribution in [3.05, 3.63) is 11.6 Å². The van der Waals surface area contributed by atoms with Crippen molar-refractivity contribution >= 4 is 22.4 Å². The van der Waals surface area contributed by atoms with Crippen LogP contribution in [-0.4, -0.2) is 23.5 Å². The molecule has 1 amide bonds. The predicted octanol–water partition coefficient (Wildman–Crippen LogP) is 1.22. The number of amides is 1. The maximum absolute atomic E-state index is 11.7. The molecule has 1 aromatic rings. The molecule has 1 fully saturated rings. The van der Waals surface area contributed by atoms with Gasteiger partial charge in [-0.25, -0.2) is 4.98 Å². The lowest BCUT2D eigenvalue weighted by molar-refractivity contribution is -0.118. The second-order valence-electron chi connectivity index (χ2n) is 3.33. The molecule has 1 aliphatic heterocycles. The number of thiazole rings is 1. The van der Waals surface area contributed by atoms with E-state index in [0.29, 0.717) is 5.13 Å².